The van der Waals surface area contributed by atoms with Gasteiger partial charge in [-0.25, -0.2) is 4.98 Å². The van der Waals surface area contributed by atoms with Crippen LogP contribution in [-0.2, 0) is 6.42 Å². The van der Waals surface area contributed by atoms with Gasteiger partial charge in [0, 0.05) is 22.1 Å². The predicted octanol–water partition coefficient (Wildman–Crippen LogP) is 3.35. The van der Waals surface area contributed by atoms with E-state index in [9.17, 15) is 0 Å². The second kappa shape index (κ2) is 5.07. The van der Waals surface area contributed by atoms with Gasteiger partial charge in [0.15, 0.2) is 0 Å². The van der Waals surface area contributed by atoms with Gasteiger partial charge in [-0.2, -0.15) is 0 Å². The smallest absolute Gasteiger partial charge is 0.129 e. The van der Waals surface area contributed by atoms with Crippen molar-refractivity contribution in [3.63, 3.8) is 0 Å². The molecule has 68 valence electrons. The predicted molar refractivity (Wildman–Crippen MR) is 54.7 cm³/mol. The van der Waals surface area contributed by atoms with Crippen molar-refractivity contribution in [3.05, 3.63) is 37.9 Å². The summed E-state index contributed by atoms with van der Waals surface area (Å²) in [5.41, 5.74) is 9.07. The fourth-order valence-corrected chi connectivity index (χ4v) is 1.45. The summed E-state index contributed by atoms with van der Waals surface area (Å²) in [6.45, 7) is 0.426. The lowest BCUT2D eigenvalue weighted by Gasteiger charge is -2.01. The number of azide groups is 1. The van der Waals surface area contributed by atoms with Crippen molar-refractivity contribution in [1.82, 2.24) is 4.98 Å². The molecule has 0 aromatic carbocycles. The zero-order valence-corrected chi connectivity index (χ0v) is 8.96. The van der Waals surface area contributed by atoms with Crippen LogP contribution in [0.3, 0.4) is 0 Å². The van der Waals surface area contributed by atoms with E-state index in [0.717, 1.165) is 10.0 Å². The number of pyridine rings is 1. The molecule has 1 aromatic rings. The van der Waals surface area contributed by atoms with Crippen LogP contribution < -0.4 is 0 Å². The van der Waals surface area contributed by atoms with Crippen molar-refractivity contribution in [2.24, 2.45) is 5.11 Å². The van der Waals surface area contributed by atoms with Crippen molar-refractivity contribution in [2.75, 3.05) is 6.54 Å². The van der Waals surface area contributed by atoms with Gasteiger partial charge < -0.3 is 0 Å². The molecule has 4 nitrogen and oxygen atoms in total. The minimum atomic E-state index is 0.426. The lowest BCUT2D eigenvalue weighted by molar-refractivity contribution is 0.946. The summed E-state index contributed by atoms with van der Waals surface area (Å²) in [4.78, 5) is 6.55. The summed E-state index contributed by atoms with van der Waals surface area (Å²) in [7, 11) is 0. The van der Waals surface area contributed by atoms with E-state index >= 15 is 0 Å². The Morgan fingerprint density at radius 2 is 2.46 bits per heavy atom. The molecule has 1 aromatic heterocycles. The maximum Gasteiger partial charge on any atom is 0.129 e. The number of hydrogen-bond acceptors (Lipinski definition) is 2. The molecule has 0 atom stereocenters. The number of rotatable bonds is 3. The fourth-order valence-electron chi connectivity index (χ4n) is 0.858. The van der Waals surface area contributed by atoms with Crippen molar-refractivity contribution >= 4 is 27.5 Å². The first-order chi connectivity index (χ1) is 6.24. The SMILES string of the molecule is [N-]=[N+]=NCCc1cc(Cl)ncc1Br. The maximum atomic E-state index is 8.08. The Hall–Kier alpha value is -0.770. The third kappa shape index (κ3) is 3.22. The highest BCUT2D eigenvalue weighted by Crippen LogP contribution is 2.19. The first kappa shape index (κ1) is 10.3. The summed E-state index contributed by atoms with van der Waals surface area (Å²) >= 11 is 9.02. The highest BCUT2D eigenvalue weighted by molar-refractivity contribution is 9.10. The van der Waals surface area contributed by atoms with E-state index in [1.165, 1.54) is 0 Å². The summed E-state index contributed by atoms with van der Waals surface area (Å²) in [5.74, 6) is 0. The average Bonchev–Trinajstić information content (AvgIpc) is 2.11. The summed E-state index contributed by atoms with van der Waals surface area (Å²) in [5, 5.41) is 3.88. The second-order valence-electron chi connectivity index (χ2n) is 2.30. The Kier molecular flexibility index (Phi) is 4.02. The Labute approximate surface area is 88.7 Å². The van der Waals surface area contributed by atoms with Gasteiger partial charge in [-0.3, -0.25) is 0 Å². The zero-order valence-electron chi connectivity index (χ0n) is 6.61. The highest BCUT2D eigenvalue weighted by Gasteiger charge is 2.00. The number of aromatic nitrogens is 1. The molecule has 1 heterocycles. The number of hydrogen-bond donors (Lipinski definition) is 0. The molecule has 0 aliphatic rings. The van der Waals surface area contributed by atoms with Crippen LogP contribution in [0.4, 0.5) is 0 Å². The molecule has 0 saturated heterocycles. The van der Waals surface area contributed by atoms with Gasteiger partial charge in [0.2, 0.25) is 0 Å². The van der Waals surface area contributed by atoms with Crippen LogP contribution in [0.1, 0.15) is 5.56 Å². The Balaban J connectivity index is 2.75. The third-order valence-electron chi connectivity index (χ3n) is 1.45. The topological polar surface area (TPSA) is 61.7 Å². The van der Waals surface area contributed by atoms with Crippen LogP contribution in [0, 0.1) is 0 Å². The summed E-state index contributed by atoms with van der Waals surface area (Å²) in [6, 6.07) is 1.75. The van der Waals surface area contributed by atoms with E-state index in [2.05, 4.69) is 30.9 Å². The monoisotopic (exact) mass is 260 g/mol. The summed E-state index contributed by atoms with van der Waals surface area (Å²) < 4.78 is 0.880. The van der Waals surface area contributed by atoms with Crippen LogP contribution in [0.5, 0.6) is 0 Å². The minimum Gasteiger partial charge on any atom is -0.243 e. The largest absolute Gasteiger partial charge is 0.243 e. The quantitative estimate of drug-likeness (QED) is 0.356. The third-order valence-corrected chi connectivity index (χ3v) is 2.37. The molecule has 1 rings (SSSR count). The molecule has 0 saturated carbocycles. The molecule has 0 N–H and O–H groups in total. The highest BCUT2D eigenvalue weighted by atomic mass is 79.9. The molecule has 0 unspecified atom stereocenters. The van der Waals surface area contributed by atoms with Crippen molar-refractivity contribution < 1.29 is 0 Å². The van der Waals surface area contributed by atoms with Crippen molar-refractivity contribution in [3.8, 4) is 0 Å². The normalized spacial score (nSPS) is 9.38. The van der Waals surface area contributed by atoms with Gasteiger partial charge in [-0.1, -0.05) is 16.7 Å². The van der Waals surface area contributed by atoms with E-state index in [-0.39, 0.29) is 0 Å². The van der Waals surface area contributed by atoms with Crippen LogP contribution in [0.2, 0.25) is 5.15 Å². The van der Waals surface area contributed by atoms with Crippen LogP contribution in [0.25, 0.3) is 10.4 Å². The molecule has 0 aliphatic carbocycles. The number of nitrogens with zero attached hydrogens (tertiary/aromatic N) is 4. The summed E-state index contributed by atoms with van der Waals surface area (Å²) in [6.07, 6.45) is 2.29. The molecule has 0 fully saturated rings. The van der Waals surface area contributed by atoms with E-state index in [1.807, 2.05) is 0 Å². The molecule has 0 spiro atoms. The molecular formula is C7H6BrClN4. The molecule has 6 heteroatoms. The molecular weight excluding hydrogens is 255 g/mol. The second-order valence-corrected chi connectivity index (χ2v) is 3.54. The molecule has 0 bridgehead atoms. The number of halogens is 2. The van der Waals surface area contributed by atoms with E-state index in [4.69, 9.17) is 17.1 Å². The lowest BCUT2D eigenvalue weighted by Crippen LogP contribution is -1.91. The van der Waals surface area contributed by atoms with Gasteiger partial charge in [0.1, 0.15) is 5.15 Å². The van der Waals surface area contributed by atoms with E-state index < -0.39 is 0 Å². The van der Waals surface area contributed by atoms with Crippen LogP contribution >= 0.6 is 27.5 Å². The molecule has 0 radical (unpaired) electrons. The van der Waals surface area contributed by atoms with Gasteiger partial charge in [-0.05, 0) is 39.5 Å². The van der Waals surface area contributed by atoms with Crippen LogP contribution in [-0.4, -0.2) is 11.5 Å². The molecule has 0 amide bonds. The maximum absolute atomic E-state index is 8.08. The first-order valence-electron chi connectivity index (χ1n) is 3.55. The van der Waals surface area contributed by atoms with Gasteiger partial charge in [0.25, 0.3) is 0 Å². The Bertz CT molecular complexity index is 348. The first-order valence-corrected chi connectivity index (χ1v) is 4.72. The van der Waals surface area contributed by atoms with Crippen molar-refractivity contribution in [1.29, 1.82) is 0 Å². The van der Waals surface area contributed by atoms with Gasteiger partial charge in [-0.15, -0.1) is 0 Å². The lowest BCUT2D eigenvalue weighted by atomic mass is 10.2. The van der Waals surface area contributed by atoms with Crippen molar-refractivity contribution in [2.45, 2.75) is 6.42 Å². The Morgan fingerprint density at radius 3 is 3.15 bits per heavy atom. The van der Waals surface area contributed by atoms with E-state index in [0.29, 0.717) is 18.1 Å². The minimum absolute atomic E-state index is 0.426. The van der Waals surface area contributed by atoms with E-state index in [1.54, 1.807) is 12.3 Å². The zero-order chi connectivity index (χ0) is 9.68. The Morgan fingerprint density at radius 1 is 1.69 bits per heavy atom. The standard InChI is InChI=1S/C7H6BrClN4/c8-6-4-11-7(9)3-5(6)1-2-12-13-10/h3-4H,1-2H2. The fraction of sp³-hybridized carbons (Fsp3) is 0.286. The average molecular weight is 262 g/mol. The van der Waals surface area contributed by atoms with Crippen LogP contribution in [0.15, 0.2) is 21.9 Å². The molecule has 13 heavy (non-hydrogen) atoms. The van der Waals surface area contributed by atoms with Gasteiger partial charge >= 0.3 is 0 Å². The molecule has 0 aliphatic heterocycles. The van der Waals surface area contributed by atoms with Gasteiger partial charge in [0.05, 0.1) is 0 Å².